The fourth-order valence-electron chi connectivity index (χ4n) is 4.36. The van der Waals surface area contributed by atoms with Gasteiger partial charge in [0.1, 0.15) is 11.5 Å². The van der Waals surface area contributed by atoms with E-state index >= 15 is 0 Å². The van der Waals surface area contributed by atoms with Crippen LogP contribution in [-0.2, 0) is 40.5 Å². The van der Waals surface area contributed by atoms with Gasteiger partial charge in [0.25, 0.3) is 0 Å². The Morgan fingerprint density at radius 3 is 1.57 bits per heavy atom. The number of anilines is 1. The minimum Gasteiger partial charge on any atom is -0.497 e. The maximum Gasteiger partial charge on any atom is 0.119 e. The summed E-state index contributed by atoms with van der Waals surface area (Å²) in [6, 6.07) is 35.1. The summed E-state index contributed by atoms with van der Waals surface area (Å²) in [7, 11) is 3.39. The van der Waals surface area contributed by atoms with Crippen LogP contribution in [-0.4, -0.2) is 40.6 Å². The maximum atomic E-state index is 5.91. The van der Waals surface area contributed by atoms with Crippen LogP contribution >= 0.6 is 0 Å². The summed E-state index contributed by atoms with van der Waals surface area (Å²) in [5.41, 5.74) is 5.75. The van der Waals surface area contributed by atoms with Crippen molar-refractivity contribution in [2.24, 2.45) is 0 Å². The van der Waals surface area contributed by atoms with E-state index in [4.69, 9.17) is 23.7 Å². The summed E-state index contributed by atoms with van der Waals surface area (Å²) in [5.74, 6) is 1.71. The van der Waals surface area contributed by atoms with E-state index < -0.39 is 0 Å². The van der Waals surface area contributed by atoms with Crippen molar-refractivity contribution in [3.05, 3.63) is 125 Å². The summed E-state index contributed by atoms with van der Waals surface area (Å²) in [6.07, 6.45) is 0. The maximum absolute atomic E-state index is 5.91. The second-order valence-corrected chi connectivity index (χ2v) is 9.43. The van der Waals surface area contributed by atoms with E-state index in [9.17, 15) is 0 Å². The van der Waals surface area contributed by atoms with E-state index in [-0.39, 0.29) is 0 Å². The van der Waals surface area contributed by atoms with Crippen molar-refractivity contribution in [3.63, 3.8) is 0 Å². The van der Waals surface area contributed by atoms with Gasteiger partial charge in [-0.2, -0.15) is 0 Å². The molecule has 0 heterocycles. The molecule has 0 N–H and O–H groups in total. The van der Waals surface area contributed by atoms with E-state index in [2.05, 4.69) is 65.6 Å². The first-order valence-corrected chi connectivity index (χ1v) is 13.6. The molecule has 0 radical (unpaired) electrons. The highest BCUT2D eigenvalue weighted by atomic mass is 16.5. The Hall–Kier alpha value is -3.84. The highest BCUT2D eigenvalue weighted by molar-refractivity contribution is 5.50. The van der Waals surface area contributed by atoms with Gasteiger partial charge < -0.3 is 28.6 Å². The molecule has 0 amide bonds. The molecule has 0 fully saturated rings. The van der Waals surface area contributed by atoms with Gasteiger partial charge in [-0.25, -0.2) is 0 Å². The quantitative estimate of drug-likeness (QED) is 0.139. The average molecular weight is 542 g/mol. The first-order chi connectivity index (χ1) is 19.7. The second-order valence-electron chi connectivity index (χ2n) is 9.43. The zero-order valence-corrected chi connectivity index (χ0v) is 23.5. The molecule has 0 saturated carbocycles. The highest BCUT2D eigenvalue weighted by Gasteiger charge is 2.11. The van der Waals surface area contributed by atoms with Crippen LogP contribution in [0.4, 0.5) is 5.69 Å². The fraction of sp³-hybridized carbons (Fsp3) is 0.294. The third kappa shape index (κ3) is 9.72. The number of rotatable bonds is 17. The lowest BCUT2D eigenvalue weighted by Gasteiger charge is -2.26. The number of hydrogen-bond donors (Lipinski definition) is 0. The first-order valence-electron chi connectivity index (χ1n) is 13.6. The molecule has 0 aliphatic heterocycles. The summed E-state index contributed by atoms with van der Waals surface area (Å²) < 4.78 is 28.1. The highest BCUT2D eigenvalue weighted by Crippen LogP contribution is 2.25. The molecule has 0 spiro atoms. The van der Waals surface area contributed by atoms with Gasteiger partial charge in [0.15, 0.2) is 0 Å². The molecule has 0 aromatic heterocycles. The van der Waals surface area contributed by atoms with E-state index in [1.807, 2.05) is 42.5 Å². The molecule has 0 saturated heterocycles. The van der Waals surface area contributed by atoms with Crippen LogP contribution in [0.15, 0.2) is 103 Å². The molecule has 4 rings (SSSR count). The number of nitrogens with zero attached hydrogens (tertiary/aromatic N) is 1. The fourth-order valence-corrected chi connectivity index (χ4v) is 4.36. The van der Waals surface area contributed by atoms with Crippen LogP contribution in [0, 0.1) is 0 Å². The topological polar surface area (TPSA) is 49.4 Å². The minimum absolute atomic E-state index is 0.522. The van der Waals surface area contributed by atoms with Crippen molar-refractivity contribution in [2.75, 3.05) is 45.5 Å². The van der Waals surface area contributed by atoms with Gasteiger partial charge in [-0.3, -0.25) is 0 Å². The van der Waals surface area contributed by atoms with Gasteiger partial charge in [-0.15, -0.1) is 0 Å². The number of methoxy groups -OCH3 is 2. The molecule has 0 aliphatic rings. The Kier molecular flexibility index (Phi) is 11.9. The van der Waals surface area contributed by atoms with Crippen LogP contribution in [0.2, 0.25) is 0 Å². The van der Waals surface area contributed by atoms with Crippen LogP contribution in [0.5, 0.6) is 11.5 Å². The van der Waals surface area contributed by atoms with Gasteiger partial charge in [0.2, 0.25) is 0 Å². The molecule has 0 unspecified atom stereocenters. The van der Waals surface area contributed by atoms with Gasteiger partial charge in [0.05, 0.1) is 53.9 Å². The molecular weight excluding hydrogens is 502 g/mol. The third-order valence-corrected chi connectivity index (χ3v) is 6.42. The molecule has 6 heteroatoms. The predicted molar refractivity (Wildman–Crippen MR) is 159 cm³/mol. The van der Waals surface area contributed by atoms with Crippen LogP contribution in [0.1, 0.15) is 22.3 Å². The lowest BCUT2D eigenvalue weighted by molar-refractivity contribution is 0.00704. The van der Waals surface area contributed by atoms with E-state index in [0.717, 1.165) is 35.8 Å². The monoisotopic (exact) mass is 541 g/mol. The van der Waals surface area contributed by atoms with E-state index in [1.165, 1.54) is 16.7 Å². The molecule has 4 aromatic carbocycles. The van der Waals surface area contributed by atoms with E-state index in [1.54, 1.807) is 14.2 Å². The zero-order chi connectivity index (χ0) is 27.8. The molecule has 0 aliphatic carbocycles. The molecule has 4 aromatic rings. The summed E-state index contributed by atoms with van der Waals surface area (Å²) >= 11 is 0. The van der Waals surface area contributed by atoms with Crippen molar-refractivity contribution in [2.45, 2.75) is 26.3 Å². The van der Waals surface area contributed by atoms with Crippen molar-refractivity contribution in [3.8, 4) is 11.5 Å². The Labute approximate surface area is 238 Å². The van der Waals surface area contributed by atoms with Crippen molar-refractivity contribution >= 4 is 5.69 Å². The SMILES string of the molecule is COc1cccc(CN(Cc2cccc(OC)c2)c2cccc(COCCOCCOCc3ccccc3)c2)c1. The smallest absolute Gasteiger partial charge is 0.119 e. The van der Waals surface area contributed by atoms with Crippen LogP contribution in [0.3, 0.4) is 0 Å². The van der Waals surface area contributed by atoms with E-state index in [0.29, 0.717) is 39.6 Å². The summed E-state index contributed by atoms with van der Waals surface area (Å²) in [5, 5.41) is 0. The summed E-state index contributed by atoms with van der Waals surface area (Å²) in [4.78, 5) is 2.35. The Bertz CT molecular complexity index is 1230. The summed E-state index contributed by atoms with van der Waals surface area (Å²) in [6.45, 7) is 4.77. The average Bonchev–Trinajstić information content (AvgIpc) is 3.01. The number of ether oxygens (including phenoxy) is 5. The normalized spacial score (nSPS) is 10.8. The van der Waals surface area contributed by atoms with Gasteiger partial charge in [0, 0.05) is 18.8 Å². The predicted octanol–water partition coefficient (Wildman–Crippen LogP) is 6.66. The molecule has 0 atom stereocenters. The number of benzene rings is 4. The number of hydrogen-bond acceptors (Lipinski definition) is 6. The first kappa shape index (κ1) is 29.2. The van der Waals surface area contributed by atoms with Crippen LogP contribution in [0.25, 0.3) is 0 Å². The van der Waals surface area contributed by atoms with Gasteiger partial charge in [-0.05, 0) is 58.7 Å². The van der Waals surface area contributed by atoms with Gasteiger partial charge in [-0.1, -0.05) is 66.7 Å². The van der Waals surface area contributed by atoms with Crippen molar-refractivity contribution in [1.29, 1.82) is 0 Å². The molecular formula is C34H39NO5. The molecule has 6 nitrogen and oxygen atoms in total. The lowest BCUT2D eigenvalue weighted by atomic mass is 10.1. The van der Waals surface area contributed by atoms with Gasteiger partial charge >= 0.3 is 0 Å². The zero-order valence-electron chi connectivity index (χ0n) is 23.5. The standard InChI is InChI=1S/C34H39NO5/c1-36-33-15-7-11-29(22-33)24-35(25-30-12-8-16-34(23-30)37-2)32-14-6-13-31(21-32)27-40-20-18-38-17-19-39-26-28-9-4-3-5-10-28/h3-16,21-23H,17-20,24-27H2,1-2H3. The third-order valence-electron chi connectivity index (χ3n) is 6.42. The van der Waals surface area contributed by atoms with Crippen LogP contribution < -0.4 is 14.4 Å². The Balaban J connectivity index is 1.29. The second kappa shape index (κ2) is 16.3. The Morgan fingerprint density at radius 1 is 0.475 bits per heavy atom. The van der Waals surface area contributed by atoms with Crippen molar-refractivity contribution < 1.29 is 23.7 Å². The largest absolute Gasteiger partial charge is 0.497 e. The molecule has 40 heavy (non-hydrogen) atoms. The minimum atomic E-state index is 0.522. The molecule has 210 valence electrons. The lowest BCUT2D eigenvalue weighted by Crippen LogP contribution is -2.22. The van der Waals surface area contributed by atoms with Crippen molar-refractivity contribution in [1.82, 2.24) is 0 Å². The Morgan fingerprint density at radius 2 is 0.975 bits per heavy atom. The molecule has 0 bridgehead atoms.